The normalized spacial score (nSPS) is 9.70. The summed E-state index contributed by atoms with van der Waals surface area (Å²) in [6.45, 7) is 1.79. The number of nitrogens with zero attached hydrogens (tertiary/aromatic N) is 1. The quantitative estimate of drug-likeness (QED) is 0.743. The van der Waals surface area contributed by atoms with Gasteiger partial charge >= 0.3 is 0 Å². The largest absolute Gasteiger partial charge is 0.444 e. The van der Waals surface area contributed by atoms with E-state index in [4.69, 9.17) is 8.83 Å². The molecule has 0 spiro atoms. The Morgan fingerprint density at radius 1 is 1.50 bits per heavy atom. The molecule has 2 heterocycles. The molecule has 0 aliphatic rings. The van der Waals surface area contributed by atoms with Crippen LogP contribution in [0, 0.1) is 6.92 Å². The van der Waals surface area contributed by atoms with Crippen molar-refractivity contribution in [2.45, 2.75) is 6.92 Å². The SMILES string of the molecule is Cc1nc2occc2o1.[Pt]. The topological polar surface area (TPSA) is 39.2 Å². The molecule has 2 aromatic heterocycles. The predicted molar refractivity (Wildman–Crippen MR) is 31.0 cm³/mol. The van der Waals surface area contributed by atoms with Gasteiger partial charge in [0.05, 0.1) is 6.26 Å². The maximum atomic E-state index is 5.10. The van der Waals surface area contributed by atoms with E-state index in [2.05, 4.69) is 4.98 Å². The summed E-state index contributed by atoms with van der Waals surface area (Å²) in [5.74, 6) is 0.643. The zero-order chi connectivity index (χ0) is 6.27. The summed E-state index contributed by atoms with van der Waals surface area (Å²) in [6.07, 6.45) is 1.56. The minimum absolute atomic E-state index is 0. The van der Waals surface area contributed by atoms with E-state index in [-0.39, 0.29) is 21.1 Å². The van der Waals surface area contributed by atoms with Crippen molar-refractivity contribution in [1.29, 1.82) is 0 Å². The van der Waals surface area contributed by atoms with E-state index in [1.165, 1.54) is 0 Å². The van der Waals surface area contributed by atoms with Crippen LogP contribution in [0.4, 0.5) is 0 Å². The summed E-state index contributed by atoms with van der Waals surface area (Å²) in [4.78, 5) is 3.94. The Balaban J connectivity index is 0.000000500. The van der Waals surface area contributed by atoms with E-state index in [1.54, 1.807) is 19.3 Å². The van der Waals surface area contributed by atoms with Crippen molar-refractivity contribution in [2.75, 3.05) is 0 Å². The first-order valence-electron chi connectivity index (χ1n) is 2.67. The molecule has 0 bridgehead atoms. The number of furan rings is 1. The monoisotopic (exact) mass is 318 g/mol. The van der Waals surface area contributed by atoms with Crippen LogP contribution in [-0.4, -0.2) is 4.98 Å². The van der Waals surface area contributed by atoms with Crippen LogP contribution in [0.25, 0.3) is 11.3 Å². The molecule has 0 amide bonds. The molecule has 4 heteroatoms. The standard InChI is InChI=1S/C6H5NO2.Pt/c1-4-7-6-5(9-4)2-3-8-6;/h2-3H,1H3;. The van der Waals surface area contributed by atoms with Gasteiger partial charge < -0.3 is 8.83 Å². The second-order valence-electron chi connectivity index (χ2n) is 1.82. The number of aryl methyl sites for hydroxylation is 1. The van der Waals surface area contributed by atoms with E-state index in [0.29, 0.717) is 17.2 Å². The molecule has 0 aliphatic heterocycles. The van der Waals surface area contributed by atoms with Gasteiger partial charge in [0, 0.05) is 34.1 Å². The van der Waals surface area contributed by atoms with Gasteiger partial charge in [0.15, 0.2) is 11.5 Å². The molecule has 0 saturated heterocycles. The van der Waals surface area contributed by atoms with Crippen LogP contribution >= 0.6 is 0 Å². The molecule has 3 nitrogen and oxygen atoms in total. The average Bonchev–Trinajstić information content (AvgIpc) is 2.22. The number of rotatable bonds is 0. The summed E-state index contributed by atoms with van der Waals surface area (Å²) < 4.78 is 10.0. The average molecular weight is 318 g/mol. The van der Waals surface area contributed by atoms with Crippen molar-refractivity contribution in [1.82, 2.24) is 4.98 Å². The molecule has 0 saturated carbocycles. The minimum atomic E-state index is 0. The van der Waals surface area contributed by atoms with Crippen molar-refractivity contribution in [3.8, 4) is 0 Å². The van der Waals surface area contributed by atoms with Crippen LogP contribution < -0.4 is 0 Å². The number of oxazole rings is 1. The third-order valence-corrected chi connectivity index (χ3v) is 1.13. The summed E-state index contributed by atoms with van der Waals surface area (Å²) in [5.41, 5.74) is 1.29. The van der Waals surface area contributed by atoms with E-state index in [0.717, 1.165) is 0 Å². The Morgan fingerprint density at radius 3 is 3.00 bits per heavy atom. The number of aromatic nitrogens is 1. The van der Waals surface area contributed by atoms with E-state index < -0.39 is 0 Å². The van der Waals surface area contributed by atoms with Crippen molar-refractivity contribution in [3.05, 3.63) is 18.2 Å². The zero-order valence-electron chi connectivity index (χ0n) is 5.23. The third kappa shape index (κ3) is 1.01. The predicted octanol–water partition coefficient (Wildman–Crippen LogP) is 1.73. The van der Waals surface area contributed by atoms with Crippen LogP contribution in [0.15, 0.2) is 21.2 Å². The van der Waals surface area contributed by atoms with Crippen molar-refractivity contribution < 1.29 is 29.9 Å². The summed E-state index contributed by atoms with van der Waals surface area (Å²) >= 11 is 0. The minimum Gasteiger partial charge on any atom is -0.444 e. The van der Waals surface area contributed by atoms with Gasteiger partial charge in [0.1, 0.15) is 0 Å². The van der Waals surface area contributed by atoms with Gasteiger partial charge in [-0.3, -0.25) is 0 Å². The van der Waals surface area contributed by atoms with Crippen molar-refractivity contribution in [2.24, 2.45) is 0 Å². The fraction of sp³-hybridized carbons (Fsp3) is 0.167. The van der Waals surface area contributed by atoms with Gasteiger partial charge in [-0.25, -0.2) is 0 Å². The van der Waals surface area contributed by atoms with E-state index in [1.807, 2.05) is 0 Å². The molecule has 0 N–H and O–H groups in total. The Kier molecular flexibility index (Phi) is 1.95. The maximum absolute atomic E-state index is 5.10. The molecule has 0 aromatic carbocycles. The molecule has 2 aromatic rings. The molecular formula is C6H5NO2Pt. The molecule has 0 aliphatic carbocycles. The second kappa shape index (κ2) is 2.59. The molecule has 10 heavy (non-hydrogen) atoms. The van der Waals surface area contributed by atoms with Gasteiger partial charge in [-0.05, 0) is 0 Å². The van der Waals surface area contributed by atoms with Gasteiger partial charge in [-0.2, -0.15) is 4.98 Å². The van der Waals surface area contributed by atoms with E-state index in [9.17, 15) is 0 Å². The van der Waals surface area contributed by atoms with E-state index >= 15 is 0 Å². The number of hydrogen-bond donors (Lipinski definition) is 0. The molecule has 0 fully saturated rings. The first-order valence-corrected chi connectivity index (χ1v) is 2.67. The molecule has 2 rings (SSSR count). The Hall–Kier alpha value is -0.562. The molecular weight excluding hydrogens is 313 g/mol. The van der Waals surface area contributed by atoms with Gasteiger partial charge in [0.2, 0.25) is 0 Å². The smallest absolute Gasteiger partial charge is 0.265 e. The van der Waals surface area contributed by atoms with Gasteiger partial charge in [-0.15, -0.1) is 0 Å². The molecule has 0 unspecified atom stereocenters. The number of hydrogen-bond acceptors (Lipinski definition) is 3. The number of fused-ring (bicyclic) bond motifs is 1. The summed E-state index contributed by atoms with van der Waals surface area (Å²) in [5, 5.41) is 0. The van der Waals surface area contributed by atoms with Crippen LogP contribution in [0.3, 0.4) is 0 Å². The van der Waals surface area contributed by atoms with Crippen molar-refractivity contribution >= 4 is 11.3 Å². The first-order chi connectivity index (χ1) is 4.36. The van der Waals surface area contributed by atoms with Crippen LogP contribution in [0.1, 0.15) is 5.89 Å². The van der Waals surface area contributed by atoms with Gasteiger partial charge in [-0.1, -0.05) is 0 Å². The molecule has 56 valence electrons. The fourth-order valence-electron chi connectivity index (χ4n) is 0.774. The Bertz CT molecular complexity index is 296. The Morgan fingerprint density at radius 2 is 2.30 bits per heavy atom. The second-order valence-corrected chi connectivity index (χ2v) is 1.82. The third-order valence-electron chi connectivity index (χ3n) is 1.13. The van der Waals surface area contributed by atoms with Gasteiger partial charge in [0.25, 0.3) is 5.71 Å². The summed E-state index contributed by atoms with van der Waals surface area (Å²) in [7, 11) is 0. The molecule has 0 radical (unpaired) electrons. The Labute approximate surface area is 71.7 Å². The van der Waals surface area contributed by atoms with Crippen LogP contribution in [0.5, 0.6) is 0 Å². The summed E-state index contributed by atoms with van der Waals surface area (Å²) in [6, 6.07) is 1.75. The van der Waals surface area contributed by atoms with Crippen LogP contribution in [0.2, 0.25) is 0 Å². The molecule has 0 atom stereocenters. The zero-order valence-corrected chi connectivity index (χ0v) is 7.51. The van der Waals surface area contributed by atoms with Crippen LogP contribution in [-0.2, 0) is 21.1 Å². The van der Waals surface area contributed by atoms with Crippen molar-refractivity contribution in [3.63, 3.8) is 0 Å². The first kappa shape index (κ1) is 7.54. The maximum Gasteiger partial charge on any atom is 0.265 e. The fourth-order valence-corrected chi connectivity index (χ4v) is 0.774.